The average Bonchev–Trinajstić information content (AvgIpc) is 3.04. The minimum Gasteiger partial charge on any atom is -0.338 e. The number of benzene rings is 1. The van der Waals surface area contributed by atoms with Gasteiger partial charge in [-0.05, 0) is 31.2 Å². The molecule has 0 unspecified atom stereocenters. The maximum Gasteiger partial charge on any atom is 0.243 e. The molecule has 1 fully saturated rings. The van der Waals surface area contributed by atoms with E-state index in [4.69, 9.17) is 10.3 Å². The number of nitrogens with zero attached hydrogens (tertiary/aromatic N) is 2. The van der Waals surface area contributed by atoms with E-state index in [9.17, 15) is 0 Å². The van der Waals surface area contributed by atoms with Crippen LogP contribution in [0.15, 0.2) is 34.9 Å². The van der Waals surface area contributed by atoms with Crippen molar-refractivity contribution >= 4 is 0 Å². The quantitative estimate of drug-likeness (QED) is 0.908. The van der Waals surface area contributed by atoms with Crippen LogP contribution < -0.4 is 5.73 Å². The van der Waals surface area contributed by atoms with Crippen molar-refractivity contribution in [3.05, 3.63) is 47.6 Å². The summed E-state index contributed by atoms with van der Waals surface area (Å²) in [6, 6.07) is 10.2. The standard InChI is InChI=1S/C17H23N3O/c18-15(12-11-13-7-3-1-4-8-13)17-19-16(20-21-17)14-9-5-2-6-10-14/h1,3-4,7-8,14-15H,2,5-6,9-12,18H2/t15-/m0/s1. The highest BCUT2D eigenvalue weighted by Gasteiger charge is 2.22. The fourth-order valence-corrected chi connectivity index (χ4v) is 3.01. The van der Waals surface area contributed by atoms with Crippen molar-refractivity contribution in [2.75, 3.05) is 0 Å². The largest absolute Gasteiger partial charge is 0.338 e. The molecule has 0 radical (unpaired) electrons. The van der Waals surface area contributed by atoms with Gasteiger partial charge in [-0.15, -0.1) is 0 Å². The number of aromatic nitrogens is 2. The molecule has 21 heavy (non-hydrogen) atoms. The van der Waals surface area contributed by atoms with Gasteiger partial charge in [-0.1, -0.05) is 54.8 Å². The Morgan fingerprint density at radius 2 is 1.90 bits per heavy atom. The van der Waals surface area contributed by atoms with E-state index < -0.39 is 0 Å². The summed E-state index contributed by atoms with van der Waals surface area (Å²) in [5, 5.41) is 4.15. The molecule has 1 saturated carbocycles. The monoisotopic (exact) mass is 285 g/mol. The first kappa shape index (κ1) is 14.3. The van der Waals surface area contributed by atoms with Crippen molar-refractivity contribution in [1.29, 1.82) is 0 Å². The summed E-state index contributed by atoms with van der Waals surface area (Å²) in [5.74, 6) is 1.92. The van der Waals surface area contributed by atoms with Gasteiger partial charge in [-0.2, -0.15) is 4.98 Å². The van der Waals surface area contributed by atoms with E-state index in [1.54, 1.807) is 0 Å². The van der Waals surface area contributed by atoms with Gasteiger partial charge in [-0.3, -0.25) is 0 Å². The summed E-state index contributed by atoms with van der Waals surface area (Å²) in [6.07, 6.45) is 8.00. The van der Waals surface area contributed by atoms with Gasteiger partial charge in [0.1, 0.15) is 0 Å². The van der Waals surface area contributed by atoms with Crippen molar-refractivity contribution in [2.45, 2.75) is 56.9 Å². The first-order valence-corrected chi connectivity index (χ1v) is 7.96. The molecule has 3 rings (SSSR count). The van der Waals surface area contributed by atoms with E-state index in [1.165, 1.54) is 37.7 Å². The van der Waals surface area contributed by atoms with Crippen LogP contribution in [0.2, 0.25) is 0 Å². The summed E-state index contributed by atoms with van der Waals surface area (Å²) in [5.41, 5.74) is 7.48. The Morgan fingerprint density at radius 1 is 1.14 bits per heavy atom. The SMILES string of the molecule is N[C@@H](CCc1ccccc1)c1nc(C2CCCCC2)no1. The van der Waals surface area contributed by atoms with E-state index in [0.29, 0.717) is 11.8 Å². The summed E-state index contributed by atoms with van der Waals surface area (Å²) in [7, 11) is 0. The van der Waals surface area contributed by atoms with Gasteiger partial charge < -0.3 is 10.3 Å². The summed E-state index contributed by atoms with van der Waals surface area (Å²) in [4.78, 5) is 4.54. The third-order valence-electron chi connectivity index (χ3n) is 4.33. The molecule has 0 bridgehead atoms. The minimum atomic E-state index is -0.171. The summed E-state index contributed by atoms with van der Waals surface area (Å²) < 4.78 is 5.38. The van der Waals surface area contributed by atoms with Gasteiger partial charge in [0, 0.05) is 5.92 Å². The van der Waals surface area contributed by atoms with Crippen LogP contribution in [0.5, 0.6) is 0 Å². The molecule has 0 saturated heterocycles. The van der Waals surface area contributed by atoms with E-state index in [2.05, 4.69) is 34.4 Å². The van der Waals surface area contributed by atoms with Gasteiger partial charge in [0.05, 0.1) is 6.04 Å². The first-order valence-electron chi connectivity index (χ1n) is 7.96. The molecule has 1 aliphatic rings. The highest BCUT2D eigenvalue weighted by atomic mass is 16.5. The normalized spacial score (nSPS) is 17.8. The maximum atomic E-state index is 6.19. The zero-order valence-electron chi connectivity index (χ0n) is 12.4. The molecule has 0 aliphatic heterocycles. The van der Waals surface area contributed by atoms with Crippen molar-refractivity contribution in [3.8, 4) is 0 Å². The van der Waals surface area contributed by atoms with Crippen LogP contribution in [0.1, 0.15) is 67.8 Å². The Labute approximate surface area is 125 Å². The molecule has 1 aromatic heterocycles. The molecule has 0 spiro atoms. The Balaban J connectivity index is 1.57. The second-order valence-electron chi connectivity index (χ2n) is 5.96. The fourth-order valence-electron chi connectivity index (χ4n) is 3.01. The molecule has 112 valence electrons. The molecule has 2 aromatic rings. The Bertz CT molecular complexity index is 546. The smallest absolute Gasteiger partial charge is 0.243 e. The predicted octanol–water partition coefficient (Wildman–Crippen LogP) is 3.75. The maximum absolute atomic E-state index is 6.19. The van der Waals surface area contributed by atoms with Crippen molar-refractivity contribution in [3.63, 3.8) is 0 Å². The molecular weight excluding hydrogens is 262 g/mol. The lowest BCUT2D eigenvalue weighted by molar-refractivity contribution is 0.337. The number of hydrogen-bond donors (Lipinski definition) is 1. The van der Waals surface area contributed by atoms with Crippen LogP contribution in [0.25, 0.3) is 0 Å². The zero-order chi connectivity index (χ0) is 14.5. The molecule has 1 aliphatic carbocycles. The highest BCUT2D eigenvalue weighted by Crippen LogP contribution is 2.31. The lowest BCUT2D eigenvalue weighted by atomic mass is 9.89. The summed E-state index contributed by atoms with van der Waals surface area (Å²) in [6.45, 7) is 0. The minimum absolute atomic E-state index is 0.171. The van der Waals surface area contributed by atoms with Gasteiger partial charge >= 0.3 is 0 Å². The Kier molecular flexibility index (Phi) is 4.65. The fraction of sp³-hybridized carbons (Fsp3) is 0.529. The second-order valence-corrected chi connectivity index (χ2v) is 5.96. The van der Waals surface area contributed by atoms with E-state index in [1.807, 2.05) is 6.07 Å². The molecule has 4 heteroatoms. The zero-order valence-corrected chi connectivity index (χ0v) is 12.4. The third-order valence-corrected chi connectivity index (χ3v) is 4.33. The van der Waals surface area contributed by atoms with Crippen LogP contribution in [-0.4, -0.2) is 10.1 Å². The first-order chi connectivity index (χ1) is 10.3. The molecule has 1 heterocycles. The molecule has 2 N–H and O–H groups in total. The lowest BCUT2D eigenvalue weighted by Gasteiger charge is -2.17. The molecule has 4 nitrogen and oxygen atoms in total. The van der Waals surface area contributed by atoms with Crippen LogP contribution in [0, 0.1) is 0 Å². The van der Waals surface area contributed by atoms with Crippen molar-refractivity contribution in [1.82, 2.24) is 10.1 Å². The Hall–Kier alpha value is -1.68. The van der Waals surface area contributed by atoms with E-state index in [0.717, 1.165) is 18.7 Å². The van der Waals surface area contributed by atoms with Crippen molar-refractivity contribution in [2.24, 2.45) is 5.73 Å². The number of aryl methyl sites for hydroxylation is 1. The van der Waals surface area contributed by atoms with E-state index >= 15 is 0 Å². The second kappa shape index (κ2) is 6.85. The Morgan fingerprint density at radius 3 is 2.67 bits per heavy atom. The molecule has 0 amide bonds. The van der Waals surface area contributed by atoms with Gasteiger partial charge in [0.15, 0.2) is 5.82 Å². The van der Waals surface area contributed by atoms with E-state index in [-0.39, 0.29) is 6.04 Å². The summed E-state index contributed by atoms with van der Waals surface area (Å²) >= 11 is 0. The van der Waals surface area contributed by atoms with Crippen LogP contribution in [0.3, 0.4) is 0 Å². The number of nitrogens with two attached hydrogens (primary N) is 1. The van der Waals surface area contributed by atoms with Gasteiger partial charge in [0.25, 0.3) is 0 Å². The average molecular weight is 285 g/mol. The highest BCUT2D eigenvalue weighted by molar-refractivity contribution is 5.15. The lowest BCUT2D eigenvalue weighted by Crippen LogP contribution is -2.12. The molecular formula is C17H23N3O. The molecule has 1 atom stereocenters. The topological polar surface area (TPSA) is 64.9 Å². The predicted molar refractivity (Wildman–Crippen MR) is 81.8 cm³/mol. The van der Waals surface area contributed by atoms with Crippen LogP contribution in [0.4, 0.5) is 0 Å². The third kappa shape index (κ3) is 3.70. The van der Waals surface area contributed by atoms with Crippen molar-refractivity contribution < 1.29 is 4.52 Å². The number of hydrogen-bond acceptors (Lipinski definition) is 4. The number of rotatable bonds is 5. The van der Waals surface area contributed by atoms with Gasteiger partial charge in [0.2, 0.25) is 5.89 Å². The van der Waals surface area contributed by atoms with Crippen LogP contribution in [-0.2, 0) is 6.42 Å². The van der Waals surface area contributed by atoms with Gasteiger partial charge in [-0.25, -0.2) is 0 Å². The molecule has 1 aromatic carbocycles. The van der Waals surface area contributed by atoms with Crippen LogP contribution >= 0.6 is 0 Å².